The molecule has 0 saturated carbocycles. The molecule has 0 aromatic heterocycles. The molecule has 24 heavy (non-hydrogen) atoms. The van der Waals surface area contributed by atoms with Crippen LogP contribution in [0.3, 0.4) is 0 Å². The molecule has 6 heteroatoms. The highest BCUT2D eigenvalue weighted by molar-refractivity contribution is 5.94. The molecular formula is C18H27ClN2O3. The van der Waals surface area contributed by atoms with Gasteiger partial charge in [-0.1, -0.05) is 0 Å². The van der Waals surface area contributed by atoms with Gasteiger partial charge in [-0.3, -0.25) is 4.79 Å². The highest BCUT2D eigenvalue weighted by Gasteiger charge is 2.20. The first-order valence-corrected chi connectivity index (χ1v) is 8.59. The van der Waals surface area contributed by atoms with Gasteiger partial charge in [-0.2, -0.15) is 0 Å². The van der Waals surface area contributed by atoms with Gasteiger partial charge in [-0.05, 0) is 63.4 Å². The Labute approximate surface area is 149 Å². The van der Waals surface area contributed by atoms with Crippen molar-refractivity contribution in [2.45, 2.75) is 50.8 Å². The summed E-state index contributed by atoms with van der Waals surface area (Å²) in [7, 11) is 0. The van der Waals surface area contributed by atoms with Crippen molar-refractivity contribution >= 4 is 18.3 Å². The van der Waals surface area contributed by atoms with E-state index >= 15 is 0 Å². The summed E-state index contributed by atoms with van der Waals surface area (Å²) in [6, 6.07) is 8.08. The summed E-state index contributed by atoms with van der Waals surface area (Å²) < 4.78 is 11.3. The molecule has 3 rings (SSSR count). The smallest absolute Gasteiger partial charge is 0.251 e. The van der Waals surface area contributed by atoms with Crippen LogP contribution < -0.4 is 15.4 Å². The fourth-order valence-corrected chi connectivity index (χ4v) is 3.20. The first kappa shape index (κ1) is 19.0. The second kappa shape index (κ2) is 9.25. The summed E-state index contributed by atoms with van der Waals surface area (Å²) in [6.45, 7) is 4.53. The maximum atomic E-state index is 12.3. The lowest BCUT2D eigenvalue weighted by Gasteiger charge is -2.28. The lowest BCUT2D eigenvalue weighted by atomic mass is 10.0. The van der Waals surface area contributed by atoms with Gasteiger partial charge in [0, 0.05) is 24.3 Å². The van der Waals surface area contributed by atoms with Crippen molar-refractivity contribution < 1.29 is 14.3 Å². The van der Waals surface area contributed by atoms with Crippen molar-refractivity contribution in [2.24, 2.45) is 0 Å². The molecule has 134 valence electrons. The van der Waals surface area contributed by atoms with Gasteiger partial charge in [0.2, 0.25) is 0 Å². The highest BCUT2D eigenvalue weighted by Crippen LogP contribution is 2.17. The van der Waals surface area contributed by atoms with Gasteiger partial charge < -0.3 is 20.1 Å². The van der Waals surface area contributed by atoms with Gasteiger partial charge in [0.05, 0.1) is 6.10 Å². The lowest BCUT2D eigenvalue weighted by molar-refractivity contribution is 0.0679. The van der Waals surface area contributed by atoms with Crippen molar-refractivity contribution in [3.05, 3.63) is 29.8 Å². The molecule has 2 saturated heterocycles. The highest BCUT2D eigenvalue weighted by atomic mass is 35.5. The van der Waals surface area contributed by atoms with Crippen LogP contribution in [0.1, 0.15) is 43.0 Å². The molecule has 0 aliphatic carbocycles. The second-order valence-electron chi connectivity index (χ2n) is 6.52. The van der Waals surface area contributed by atoms with Gasteiger partial charge in [0.25, 0.3) is 5.91 Å². The Morgan fingerprint density at radius 2 is 2.12 bits per heavy atom. The van der Waals surface area contributed by atoms with E-state index in [0.29, 0.717) is 18.2 Å². The monoisotopic (exact) mass is 354 g/mol. The van der Waals surface area contributed by atoms with E-state index in [0.717, 1.165) is 44.6 Å². The Morgan fingerprint density at radius 1 is 1.33 bits per heavy atom. The third-order valence-corrected chi connectivity index (χ3v) is 4.54. The van der Waals surface area contributed by atoms with Crippen molar-refractivity contribution in [1.29, 1.82) is 0 Å². The SMILES string of the molecule is CC1CC(NC(=O)c2ccc(OCC3CCCO3)cc2)CCN1.Cl. The van der Waals surface area contributed by atoms with E-state index in [2.05, 4.69) is 17.6 Å². The van der Waals surface area contributed by atoms with E-state index in [9.17, 15) is 4.79 Å². The normalized spacial score (nSPS) is 26.5. The largest absolute Gasteiger partial charge is 0.491 e. The van der Waals surface area contributed by atoms with Gasteiger partial charge in [-0.25, -0.2) is 0 Å². The van der Waals surface area contributed by atoms with E-state index < -0.39 is 0 Å². The molecule has 2 fully saturated rings. The predicted octanol–water partition coefficient (Wildman–Crippen LogP) is 2.54. The zero-order chi connectivity index (χ0) is 16.1. The Morgan fingerprint density at radius 3 is 2.79 bits per heavy atom. The maximum Gasteiger partial charge on any atom is 0.251 e. The number of hydrogen-bond donors (Lipinski definition) is 2. The average Bonchev–Trinajstić information content (AvgIpc) is 3.07. The zero-order valence-electron chi connectivity index (χ0n) is 14.1. The van der Waals surface area contributed by atoms with E-state index in [1.165, 1.54) is 0 Å². The molecule has 2 aliphatic heterocycles. The molecule has 1 aromatic carbocycles. The molecule has 0 radical (unpaired) electrons. The van der Waals surface area contributed by atoms with Crippen molar-refractivity contribution in [1.82, 2.24) is 10.6 Å². The number of hydrogen-bond acceptors (Lipinski definition) is 4. The van der Waals surface area contributed by atoms with Crippen molar-refractivity contribution in [3.8, 4) is 5.75 Å². The Bertz CT molecular complexity index is 518. The summed E-state index contributed by atoms with van der Waals surface area (Å²) in [5.41, 5.74) is 0.681. The first-order valence-electron chi connectivity index (χ1n) is 8.59. The summed E-state index contributed by atoms with van der Waals surface area (Å²) in [5, 5.41) is 6.51. The lowest BCUT2D eigenvalue weighted by Crippen LogP contribution is -2.46. The first-order chi connectivity index (χ1) is 11.2. The third-order valence-electron chi connectivity index (χ3n) is 4.54. The van der Waals surface area contributed by atoms with E-state index in [1.54, 1.807) is 0 Å². The number of nitrogens with one attached hydrogen (secondary N) is 2. The summed E-state index contributed by atoms with van der Waals surface area (Å²) in [4.78, 5) is 12.3. The molecule has 3 atom stereocenters. The summed E-state index contributed by atoms with van der Waals surface area (Å²) in [6.07, 6.45) is 4.35. The number of amides is 1. The molecule has 5 nitrogen and oxygen atoms in total. The van der Waals surface area contributed by atoms with Crippen LogP contribution in [0.25, 0.3) is 0 Å². The molecule has 3 unspecified atom stereocenters. The Kier molecular flexibility index (Phi) is 7.34. The quantitative estimate of drug-likeness (QED) is 0.853. The van der Waals surface area contributed by atoms with Gasteiger partial charge in [0.15, 0.2) is 0 Å². The average molecular weight is 355 g/mol. The number of ether oxygens (including phenoxy) is 2. The zero-order valence-corrected chi connectivity index (χ0v) is 14.9. The second-order valence-corrected chi connectivity index (χ2v) is 6.52. The minimum atomic E-state index is -0.00484. The topological polar surface area (TPSA) is 59.6 Å². The van der Waals surface area contributed by atoms with Gasteiger partial charge >= 0.3 is 0 Å². The van der Waals surface area contributed by atoms with Crippen LogP contribution in [0.5, 0.6) is 5.75 Å². The van der Waals surface area contributed by atoms with E-state index in [4.69, 9.17) is 9.47 Å². The predicted molar refractivity (Wildman–Crippen MR) is 96.1 cm³/mol. The van der Waals surface area contributed by atoms with E-state index in [-0.39, 0.29) is 30.5 Å². The molecule has 2 N–H and O–H groups in total. The summed E-state index contributed by atoms with van der Waals surface area (Å²) >= 11 is 0. The number of rotatable bonds is 5. The number of benzene rings is 1. The third kappa shape index (κ3) is 5.36. The van der Waals surface area contributed by atoms with Gasteiger partial charge in [0.1, 0.15) is 12.4 Å². The fraction of sp³-hybridized carbons (Fsp3) is 0.611. The van der Waals surface area contributed by atoms with Crippen LogP contribution in [0.4, 0.5) is 0 Å². The Hall–Kier alpha value is -1.30. The molecule has 2 aliphatic rings. The molecule has 1 aromatic rings. The minimum Gasteiger partial charge on any atom is -0.491 e. The van der Waals surface area contributed by atoms with Crippen LogP contribution >= 0.6 is 12.4 Å². The minimum absolute atomic E-state index is 0. The van der Waals surface area contributed by atoms with E-state index in [1.807, 2.05) is 24.3 Å². The maximum absolute atomic E-state index is 12.3. The molecule has 1 amide bonds. The molecular weight excluding hydrogens is 328 g/mol. The number of carbonyl (C=O) groups is 1. The van der Waals surface area contributed by atoms with Crippen LogP contribution in [0, 0.1) is 0 Å². The summed E-state index contributed by atoms with van der Waals surface area (Å²) in [5.74, 6) is 0.780. The molecule has 0 bridgehead atoms. The molecule has 0 spiro atoms. The van der Waals surface area contributed by atoms with Gasteiger partial charge in [-0.15, -0.1) is 12.4 Å². The fourth-order valence-electron chi connectivity index (χ4n) is 3.20. The van der Waals surface area contributed by atoms with Crippen molar-refractivity contribution in [3.63, 3.8) is 0 Å². The molecule has 2 heterocycles. The van der Waals surface area contributed by atoms with Crippen LogP contribution in [-0.2, 0) is 4.74 Å². The number of piperidine rings is 1. The number of carbonyl (C=O) groups excluding carboxylic acids is 1. The number of halogens is 1. The van der Waals surface area contributed by atoms with Crippen LogP contribution in [0.15, 0.2) is 24.3 Å². The van der Waals surface area contributed by atoms with Crippen LogP contribution in [0.2, 0.25) is 0 Å². The van der Waals surface area contributed by atoms with Crippen LogP contribution in [-0.4, -0.2) is 43.9 Å². The standard InChI is InChI=1S/C18H26N2O3.ClH/c1-13-11-15(8-9-19-13)20-18(21)14-4-6-16(7-5-14)23-12-17-3-2-10-22-17;/h4-7,13,15,17,19H,2-3,8-12H2,1H3,(H,20,21);1H. The Balaban J connectivity index is 0.00000208. The van der Waals surface area contributed by atoms with Crippen molar-refractivity contribution in [2.75, 3.05) is 19.8 Å².